The molecule has 6 nitrogen and oxygen atoms in total. The van der Waals surface area contributed by atoms with Gasteiger partial charge in [0.15, 0.2) is 0 Å². The van der Waals surface area contributed by atoms with Gasteiger partial charge in [0.1, 0.15) is 11.4 Å². The molecule has 0 amide bonds. The summed E-state index contributed by atoms with van der Waals surface area (Å²) >= 11 is 0. The average Bonchev–Trinajstić information content (AvgIpc) is 3.12. The van der Waals surface area contributed by atoms with Gasteiger partial charge >= 0.3 is 6.18 Å². The first-order valence-electron chi connectivity index (χ1n) is 7.31. The highest BCUT2D eigenvalue weighted by Gasteiger charge is 2.37. The Balaban J connectivity index is 1.96. The summed E-state index contributed by atoms with van der Waals surface area (Å²) in [6.07, 6.45) is -0.307. The molecular formula is C14H17F3N6. The fourth-order valence-electron chi connectivity index (χ4n) is 2.54. The summed E-state index contributed by atoms with van der Waals surface area (Å²) in [6, 6.07) is 0. The first-order chi connectivity index (χ1) is 10.9. The van der Waals surface area contributed by atoms with Crippen LogP contribution in [0.15, 0.2) is 12.4 Å². The SMILES string of the molecule is Cc1c(Nc2ncc(C(F)(F)F)c(N3CCCC3)n2)cnn1C. The Bertz CT molecular complexity index is 703. The third-order valence-corrected chi connectivity index (χ3v) is 3.96. The van der Waals surface area contributed by atoms with E-state index in [-0.39, 0.29) is 11.8 Å². The number of hydrogen-bond donors (Lipinski definition) is 1. The molecule has 0 radical (unpaired) electrons. The standard InChI is InChI=1S/C14H17F3N6/c1-9-11(8-19-22(9)2)20-13-18-7-10(14(15,16)17)12(21-13)23-5-3-4-6-23/h7-8H,3-6H2,1-2H3,(H,18,20,21). The minimum absolute atomic E-state index is 0.0611. The third-order valence-electron chi connectivity index (χ3n) is 3.96. The van der Waals surface area contributed by atoms with Crippen molar-refractivity contribution in [2.24, 2.45) is 7.05 Å². The average molecular weight is 326 g/mol. The monoisotopic (exact) mass is 326 g/mol. The molecule has 0 aliphatic carbocycles. The maximum Gasteiger partial charge on any atom is 0.421 e. The zero-order chi connectivity index (χ0) is 16.6. The zero-order valence-corrected chi connectivity index (χ0v) is 12.9. The van der Waals surface area contributed by atoms with Crippen molar-refractivity contribution < 1.29 is 13.2 Å². The second-order valence-electron chi connectivity index (χ2n) is 5.52. The predicted molar refractivity (Wildman–Crippen MR) is 79.7 cm³/mol. The molecule has 2 aromatic heterocycles. The van der Waals surface area contributed by atoms with E-state index in [9.17, 15) is 13.2 Å². The molecule has 2 aromatic rings. The first-order valence-corrected chi connectivity index (χ1v) is 7.31. The van der Waals surface area contributed by atoms with Gasteiger partial charge in [-0.1, -0.05) is 0 Å². The molecule has 9 heteroatoms. The van der Waals surface area contributed by atoms with E-state index in [4.69, 9.17) is 0 Å². The van der Waals surface area contributed by atoms with Crippen molar-refractivity contribution in [3.8, 4) is 0 Å². The van der Waals surface area contributed by atoms with Crippen LogP contribution < -0.4 is 10.2 Å². The van der Waals surface area contributed by atoms with Crippen molar-refractivity contribution >= 4 is 17.5 Å². The van der Waals surface area contributed by atoms with Gasteiger partial charge in [-0.3, -0.25) is 4.68 Å². The molecule has 0 unspecified atom stereocenters. The Morgan fingerprint density at radius 2 is 1.87 bits per heavy atom. The number of rotatable bonds is 3. The Morgan fingerprint density at radius 3 is 2.43 bits per heavy atom. The van der Waals surface area contributed by atoms with Crippen LogP contribution in [-0.4, -0.2) is 32.8 Å². The normalized spacial score (nSPS) is 15.3. The van der Waals surface area contributed by atoms with Gasteiger partial charge in [0.2, 0.25) is 5.95 Å². The highest BCUT2D eigenvalue weighted by molar-refractivity contribution is 5.58. The summed E-state index contributed by atoms with van der Waals surface area (Å²) < 4.78 is 41.2. The molecule has 124 valence electrons. The Hall–Kier alpha value is -2.32. The molecule has 1 N–H and O–H groups in total. The van der Waals surface area contributed by atoms with Crippen LogP contribution in [0.25, 0.3) is 0 Å². The Labute approximate surface area is 131 Å². The minimum atomic E-state index is -4.47. The number of nitrogens with one attached hydrogen (secondary N) is 1. The summed E-state index contributed by atoms with van der Waals surface area (Å²) in [6.45, 7) is 3.00. The fraction of sp³-hybridized carbons (Fsp3) is 0.500. The highest BCUT2D eigenvalue weighted by Crippen LogP contribution is 2.36. The quantitative estimate of drug-likeness (QED) is 0.940. The van der Waals surface area contributed by atoms with E-state index in [2.05, 4.69) is 20.4 Å². The van der Waals surface area contributed by atoms with Crippen LogP contribution in [-0.2, 0) is 13.2 Å². The predicted octanol–water partition coefficient (Wildman–Crippen LogP) is 2.88. The number of aryl methyl sites for hydroxylation is 1. The topological polar surface area (TPSA) is 58.9 Å². The van der Waals surface area contributed by atoms with Crippen molar-refractivity contribution in [1.29, 1.82) is 0 Å². The van der Waals surface area contributed by atoms with E-state index in [1.807, 2.05) is 6.92 Å². The van der Waals surface area contributed by atoms with Crippen molar-refractivity contribution in [3.63, 3.8) is 0 Å². The molecule has 1 aliphatic rings. The van der Waals surface area contributed by atoms with Crippen LogP contribution in [0.4, 0.5) is 30.6 Å². The number of hydrogen-bond acceptors (Lipinski definition) is 5. The van der Waals surface area contributed by atoms with Gasteiger partial charge in [-0.2, -0.15) is 23.3 Å². The number of aromatic nitrogens is 4. The molecule has 0 spiro atoms. The Kier molecular flexibility index (Phi) is 3.87. The van der Waals surface area contributed by atoms with Crippen LogP contribution in [0.3, 0.4) is 0 Å². The lowest BCUT2D eigenvalue weighted by atomic mass is 10.3. The summed E-state index contributed by atoms with van der Waals surface area (Å²) in [5.74, 6) is 0.0741. The fourth-order valence-corrected chi connectivity index (χ4v) is 2.54. The van der Waals surface area contributed by atoms with E-state index in [1.165, 1.54) is 0 Å². The second-order valence-corrected chi connectivity index (χ2v) is 5.52. The zero-order valence-electron chi connectivity index (χ0n) is 12.9. The number of alkyl halides is 3. The van der Waals surface area contributed by atoms with E-state index >= 15 is 0 Å². The lowest BCUT2D eigenvalue weighted by molar-refractivity contribution is -0.137. The van der Waals surface area contributed by atoms with Crippen LogP contribution in [0.5, 0.6) is 0 Å². The van der Waals surface area contributed by atoms with Crippen LogP contribution in [0.1, 0.15) is 24.1 Å². The summed E-state index contributed by atoms with van der Waals surface area (Å²) in [5, 5.41) is 7.01. The van der Waals surface area contributed by atoms with Gasteiger partial charge in [-0.15, -0.1) is 0 Å². The molecule has 0 saturated carbocycles. The van der Waals surface area contributed by atoms with Crippen molar-refractivity contribution in [2.75, 3.05) is 23.3 Å². The van der Waals surface area contributed by atoms with E-state index < -0.39 is 11.7 Å². The second kappa shape index (κ2) is 5.71. The molecule has 1 saturated heterocycles. The maximum atomic E-state index is 13.2. The molecule has 1 aliphatic heterocycles. The van der Waals surface area contributed by atoms with Gasteiger partial charge < -0.3 is 10.2 Å². The van der Waals surface area contributed by atoms with Gasteiger partial charge in [-0.25, -0.2) is 4.98 Å². The lowest BCUT2D eigenvalue weighted by Crippen LogP contribution is -2.24. The summed E-state index contributed by atoms with van der Waals surface area (Å²) in [5.41, 5.74) is 0.712. The molecule has 0 bridgehead atoms. The highest BCUT2D eigenvalue weighted by atomic mass is 19.4. The summed E-state index contributed by atoms with van der Waals surface area (Å²) in [4.78, 5) is 9.59. The van der Waals surface area contributed by atoms with Crippen molar-refractivity contribution in [3.05, 3.63) is 23.7 Å². The van der Waals surface area contributed by atoms with Gasteiger partial charge in [0.25, 0.3) is 0 Å². The molecule has 1 fully saturated rings. The molecular weight excluding hydrogens is 309 g/mol. The molecule has 3 rings (SSSR count). The van der Waals surface area contributed by atoms with Crippen molar-refractivity contribution in [2.45, 2.75) is 25.9 Å². The molecule has 0 atom stereocenters. The van der Waals surface area contributed by atoms with Gasteiger partial charge in [-0.05, 0) is 19.8 Å². The lowest BCUT2D eigenvalue weighted by Gasteiger charge is -2.21. The van der Waals surface area contributed by atoms with Crippen LogP contribution in [0.2, 0.25) is 0 Å². The Morgan fingerprint density at radius 1 is 1.17 bits per heavy atom. The molecule has 23 heavy (non-hydrogen) atoms. The van der Waals surface area contributed by atoms with Gasteiger partial charge in [0.05, 0.1) is 17.6 Å². The maximum absolute atomic E-state index is 13.2. The van der Waals surface area contributed by atoms with E-state index in [0.29, 0.717) is 18.8 Å². The smallest absolute Gasteiger partial charge is 0.356 e. The minimum Gasteiger partial charge on any atom is -0.356 e. The van der Waals surface area contributed by atoms with Gasteiger partial charge in [0, 0.05) is 26.3 Å². The van der Waals surface area contributed by atoms with Crippen molar-refractivity contribution in [1.82, 2.24) is 19.7 Å². The largest absolute Gasteiger partial charge is 0.421 e. The number of nitrogens with zero attached hydrogens (tertiary/aromatic N) is 5. The molecule has 3 heterocycles. The van der Waals surface area contributed by atoms with E-state index in [1.54, 1.807) is 22.8 Å². The number of anilines is 3. The van der Waals surface area contributed by atoms with Crippen LogP contribution >= 0.6 is 0 Å². The summed E-state index contributed by atoms with van der Waals surface area (Å²) in [7, 11) is 1.78. The van der Waals surface area contributed by atoms with Crippen LogP contribution in [0, 0.1) is 6.92 Å². The number of halogens is 3. The van der Waals surface area contributed by atoms with E-state index in [0.717, 1.165) is 24.7 Å². The molecule has 0 aromatic carbocycles. The third kappa shape index (κ3) is 3.08. The first kappa shape index (κ1) is 15.6.